The lowest BCUT2D eigenvalue weighted by Gasteiger charge is -2.19. The number of hydrogen-bond donors (Lipinski definition) is 2. The van der Waals surface area contributed by atoms with Gasteiger partial charge in [0, 0.05) is 17.6 Å². The fourth-order valence-electron chi connectivity index (χ4n) is 3.55. The quantitative estimate of drug-likeness (QED) is 0.342. The van der Waals surface area contributed by atoms with Crippen LogP contribution in [0, 0.1) is 0 Å². The molecule has 0 unspecified atom stereocenters. The highest BCUT2D eigenvalue weighted by Crippen LogP contribution is 2.37. The van der Waals surface area contributed by atoms with E-state index in [1.807, 2.05) is 30.3 Å². The van der Waals surface area contributed by atoms with Gasteiger partial charge in [0.1, 0.15) is 6.54 Å². The standard InChI is InChI=1S/C24H20F3N5O3S/c25-24(26,27)36-19-8-6-18(7-9-19)32-21(33)15-31(23(32)35)14-17-10-11-28-13-20(17)30-22(34)29-12-16-4-2-1-3-5-16/h1-11,13H,12,14-15H2,(H2,29,30,34). The van der Waals surface area contributed by atoms with Gasteiger partial charge in [-0.1, -0.05) is 30.3 Å². The van der Waals surface area contributed by atoms with Crippen LogP contribution in [0.1, 0.15) is 11.1 Å². The first-order chi connectivity index (χ1) is 17.2. The minimum Gasteiger partial charge on any atom is -0.334 e. The van der Waals surface area contributed by atoms with E-state index >= 15 is 0 Å². The fourth-order valence-corrected chi connectivity index (χ4v) is 4.09. The predicted molar refractivity (Wildman–Crippen MR) is 128 cm³/mol. The van der Waals surface area contributed by atoms with Crippen LogP contribution in [-0.4, -0.2) is 39.9 Å². The lowest BCUT2D eigenvalue weighted by Crippen LogP contribution is -2.33. The summed E-state index contributed by atoms with van der Waals surface area (Å²) in [4.78, 5) is 44.1. The van der Waals surface area contributed by atoms with Crippen LogP contribution in [0.5, 0.6) is 0 Å². The van der Waals surface area contributed by atoms with Crippen LogP contribution < -0.4 is 15.5 Å². The number of pyridine rings is 1. The number of aromatic nitrogens is 1. The number of carbonyl (C=O) groups excluding carboxylic acids is 3. The van der Waals surface area contributed by atoms with Gasteiger partial charge in [0.15, 0.2) is 0 Å². The number of benzene rings is 2. The molecule has 1 aliphatic heterocycles. The molecule has 5 amide bonds. The van der Waals surface area contributed by atoms with Crippen molar-refractivity contribution in [1.29, 1.82) is 0 Å². The Labute approximate surface area is 208 Å². The van der Waals surface area contributed by atoms with E-state index in [0.717, 1.165) is 10.5 Å². The maximum absolute atomic E-state index is 13.0. The van der Waals surface area contributed by atoms with Crippen LogP contribution in [-0.2, 0) is 17.9 Å². The van der Waals surface area contributed by atoms with Gasteiger partial charge in [-0.2, -0.15) is 13.2 Å². The zero-order chi connectivity index (χ0) is 25.7. The van der Waals surface area contributed by atoms with Crippen molar-refractivity contribution in [3.05, 3.63) is 84.2 Å². The molecule has 1 saturated heterocycles. The van der Waals surface area contributed by atoms with Crippen molar-refractivity contribution in [2.75, 3.05) is 16.8 Å². The smallest absolute Gasteiger partial charge is 0.334 e. The number of anilines is 2. The average molecular weight is 516 g/mol. The molecule has 0 aliphatic carbocycles. The number of urea groups is 2. The molecule has 12 heteroatoms. The summed E-state index contributed by atoms with van der Waals surface area (Å²) in [5.41, 5.74) is -2.42. The first-order valence-electron chi connectivity index (χ1n) is 10.7. The van der Waals surface area contributed by atoms with Gasteiger partial charge in [0.2, 0.25) is 0 Å². The van der Waals surface area contributed by atoms with Crippen LogP contribution >= 0.6 is 11.8 Å². The van der Waals surface area contributed by atoms with E-state index in [1.54, 1.807) is 6.07 Å². The van der Waals surface area contributed by atoms with Gasteiger partial charge in [-0.15, -0.1) is 0 Å². The number of carbonyl (C=O) groups is 3. The maximum Gasteiger partial charge on any atom is 0.446 e. The van der Waals surface area contributed by atoms with Crippen molar-refractivity contribution in [2.45, 2.75) is 23.5 Å². The van der Waals surface area contributed by atoms with E-state index in [2.05, 4.69) is 15.6 Å². The number of halogens is 3. The lowest BCUT2D eigenvalue weighted by molar-refractivity contribution is -0.116. The highest BCUT2D eigenvalue weighted by atomic mass is 32.2. The van der Waals surface area contributed by atoms with Crippen molar-refractivity contribution < 1.29 is 27.6 Å². The summed E-state index contributed by atoms with van der Waals surface area (Å²) in [5, 5.41) is 5.44. The van der Waals surface area contributed by atoms with E-state index in [9.17, 15) is 27.6 Å². The Bertz CT molecular complexity index is 1260. The van der Waals surface area contributed by atoms with Gasteiger partial charge in [-0.05, 0) is 53.2 Å². The molecular weight excluding hydrogens is 495 g/mol. The molecule has 3 aromatic rings. The number of alkyl halides is 3. The number of thioether (sulfide) groups is 1. The Hall–Kier alpha value is -4.06. The molecule has 0 radical (unpaired) electrons. The molecule has 2 aromatic carbocycles. The number of nitrogens with zero attached hydrogens (tertiary/aromatic N) is 3. The molecule has 36 heavy (non-hydrogen) atoms. The molecule has 1 aliphatic rings. The molecule has 0 spiro atoms. The van der Waals surface area contributed by atoms with Crippen LogP contribution in [0.3, 0.4) is 0 Å². The Morgan fingerprint density at radius 2 is 1.75 bits per heavy atom. The van der Waals surface area contributed by atoms with Crippen molar-refractivity contribution in [2.24, 2.45) is 0 Å². The van der Waals surface area contributed by atoms with Crippen LogP contribution in [0.25, 0.3) is 0 Å². The van der Waals surface area contributed by atoms with Crippen LogP contribution in [0.2, 0.25) is 0 Å². The summed E-state index contributed by atoms with van der Waals surface area (Å²) in [6.07, 6.45) is 2.94. The Morgan fingerprint density at radius 3 is 2.44 bits per heavy atom. The average Bonchev–Trinajstić information content (AvgIpc) is 3.12. The lowest BCUT2D eigenvalue weighted by atomic mass is 10.2. The van der Waals surface area contributed by atoms with Crippen LogP contribution in [0.15, 0.2) is 78.0 Å². The fraction of sp³-hybridized carbons (Fsp3) is 0.167. The Morgan fingerprint density at radius 1 is 1.03 bits per heavy atom. The molecule has 1 aromatic heterocycles. The Kier molecular flexibility index (Phi) is 7.44. The van der Waals surface area contributed by atoms with Crippen molar-refractivity contribution in [3.63, 3.8) is 0 Å². The second-order valence-electron chi connectivity index (χ2n) is 7.74. The zero-order valence-electron chi connectivity index (χ0n) is 18.7. The summed E-state index contributed by atoms with van der Waals surface area (Å²) in [7, 11) is 0. The molecule has 1 fully saturated rings. The van der Waals surface area contributed by atoms with Crippen molar-refractivity contribution in [1.82, 2.24) is 15.2 Å². The third-order valence-electron chi connectivity index (χ3n) is 5.18. The number of imide groups is 1. The van der Waals surface area contributed by atoms with E-state index in [4.69, 9.17) is 0 Å². The molecule has 0 atom stereocenters. The van der Waals surface area contributed by atoms with Gasteiger partial charge in [-0.25, -0.2) is 14.5 Å². The highest BCUT2D eigenvalue weighted by Gasteiger charge is 2.37. The Balaban J connectivity index is 1.41. The SMILES string of the molecule is O=C(NCc1ccccc1)Nc1cnccc1CN1CC(=O)N(c2ccc(SC(F)(F)F)cc2)C1=O. The molecule has 4 rings (SSSR count). The normalized spacial score (nSPS) is 13.8. The monoisotopic (exact) mass is 515 g/mol. The maximum atomic E-state index is 13.0. The van der Waals surface area contributed by atoms with Crippen molar-refractivity contribution in [3.8, 4) is 0 Å². The van der Waals surface area contributed by atoms with Gasteiger partial charge in [-0.3, -0.25) is 9.78 Å². The molecule has 0 saturated carbocycles. The molecule has 186 valence electrons. The third-order valence-corrected chi connectivity index (χ3v) is 5.92. The van der Waals surface area contributed by atoms with Gasteiger partial charge < -0.3 is 15.5 Å². The first kappa shape index (κ1) is 25.0. The molecule has 8 nitrogen and oxygen atoms in total. The minimum absolute atomic E-state index is 0.0138. The predicted octanol–water partition coefficient (Wildman–Crippen LogP) is 4.98. The van der Waals surface area contributed by atoms with Gasteiger partial charge in [0.05, 0.1) is 24.1 Å². The topological polar surface area (TPSA) is 94.6 Å². The molecule has 2 N–H and O–H groups in total. The van der Waals surface area contributed by atoms with E-state index in [-0.39, 0.29) is 35.4 Å². The van der Waals surface area contributed by atoms with E-state index in [1.165, 1.54) is 41.6 Å². The van der Waals surface area contributed by atoms with Gasteiger partial charge >= 0.3 is 17.6 Å². The van der Waals surface area contributed by atoms with E-state index < -0.39 is 23.5 Å². The minimum atomic E-state index is -4.44. The number of amides is 5. The second kappa shape index (κ2) is 10.7. The highest BCUT2D eigenvalue weighted by molar-refractivity contribution is 8.00. The summed E-state index contributed by atoms with van der Waals surface area (Å²) < 4.78 is 37.7. The molecular formula is C24H20F3N5O3S. The number of rotatable bonds is 7. The number of nitrogens with one attached hydrogen (secondary N) is 2. The summed E-state index contributed by atoms with van der Waals surface area (Å²) >= 11 is -0.280. The first-order valence-corrected chi connectivity index (χ1v) is 11.5. The summed E-state index contributed by atoms with van der Waals surface area (Å²) in [6, 6.07) is 14.9. The molecule has 2 heterocycles. The number of hydrogen-bond acceptors (Lipinski definition) is 5. The van der Waals surface area contributed by atoms with Crippen molar-refractivity contribution >= 4 is 41.1 Å². The third kappa shape index (κ3) is 6.33. The largest absolute Gasteiger partial charge is 0.446 e. The zero-order valence-corrected chi connectivity index (χ0v) is 19.5. The molecule has 0 bridgehead atoms. The van der Waals surface area contributed by atoms with Gasteiger partial charge in [0.25, 0.3) is 5.91 Å². The summed E-state index contributed by atoms with van der Waals surface area (Å²) in [5.74, 6) is -0.514. The van der Waals surface area contributed by atoms with Crippen LogP contribution in [0.4, 0.5) is 34.1 Å². The van der Waals surface area contributed by atoms with E-state index in [0.29, 0.717) is 17.8 Å². The summed E-state index contributed by atoms with van der Waals surface area (Å²) in [6.45, 7) is 0.108. The second-order valence-corrected chi connectivity index (χ2v) is 8.87.